The maximum absolute atomic E-state index is 3.50. The summed E-state index contributed by atoms with van der Waals surface area (Å²) in [5.41, 5.74) is 4.79. The van der Waals surface area contributed by atoms with Crippen LogP contribution in [0.15, 0.2) is 30.3 Å². The van der Waals surface area contributed by atoms with Gasteiger partial charge in [-0.2, -0.15) is 0 Å². The number of alkyl halides is 1. The molecule has 0 saturated carbocycles. The molecule has 1 aliphatic carbocycles. The lowest BCUT2D eigenvalue weighted by Gasteiger charge is -2.23. The fourth-order valence-corrected chi connectivity index (χ4v) is 3.54. The molecule has 0 radical (unpaired) electrons. The summed E-state index contributed by atoms with van der Waals surface area (Å²) in [6, 6.07) is 11.5. The molecule has 1 heteroatoms. The summed E-state index contributed by atoms with van der Waals surface area (Å²) in [4.78, 5) is 0. The van der Waals surface area contributed by atoms with Crippen molar-refractivity contribution in [2.24, 2.45) is 0 Å². The van der Waals surface area contributed by atoms with Crippen molar-refractivity contribution in [1.29, 1.82) is 0 Å². The van der Waals surface area contributed by atoms with E-state index in [0.29, 0.717) is 0 Å². The number of rotatable bonds is 6. The molecular formula is C18H21Br. The highest BCUT2D eigenvalue weighted by atomic mass is 79.9. The molecule has 0 heterocycles. The summed E-state index contributed by atoms with van der Waals surface area (Å²) in [7, 11) is 0. The van der Waals surface area contributed by atoms with Gasteiger partial charge in [0, 0.05) is 5.33 Å². The molecule has 0 atom stereocenters. The molecule has 0 aliphatic heterocycles. The van der Waals surface area contributed by atoms with Gasteiger partial charge in [-0.15, -0.1) is 0 Å². The van der Waals surface area contributed by atoms with Crippen LogP contribution in [0.4, 0.5) is 0 Å². The molecule has 0 spiro atoms. The second kappa shape index (κ2) is 6.09. The topological polar surface area (TPSA) is 0 Å². The third-order valence-corrected chi connectivity index (χ3v) is 4.87. The number of aryl methyl sites for hydroxylation is 3. The lowest BCUT2D eigenvalue weighted by atomic mass is 9.81. The fraction of sp³-hybridized carbons (Fsp3) is 0.444. The molecule has 0 nitrogen and oxygen atoms in total. The lowest BCUT2D eigenvalue weighted by molar-refractivity contribution is 0.672. The van der Waals surface area contributed by atoms with E-state index in [0.717, 1.165) is 5.33 Å². The molecule has 1 aliphatic rings. The minimum atomic E-state index is 1.15. The van der Waals surface area contributed by atoms with Crippen LogP contribution in [0.5, 0.6) is 0 Å². The number of fused-ring (bicyclic) bond motifs is 3. The molecule has 0 amide bonds. The van der Waals surface area contributed by atoms with Crippen molar-refractivity contribution in [3.05, 3.63) is 47.0 Å². The Hall–Kier alpha value is -0.820. The van der Waals surface area contributed by atoms with Crippen LogP contribution >= 0.6 is 15.9 Å². The first kappa shape index (κ1) is 13.2. The third-order valence-electron chi connectivity index (χ3n) is 4.31. The van der Waals surface area contributed by atoms with Gasteiger partial charge in [0.1, 0.15) is 0 Å². The highest BCUT2D eigenvalue weighted by molar-refractivity contribution is 9.09. The third kappa shape index (κ3) is 2.72. The van der Waals surface area contributed by atoms with E-state index in [1.807, 2.05) is 0 Å². The molecule has 100 valence electrons. The van der Waals surface area contributed by atoms with E-state index in [2.05, 4.69) is 46.3 Å². The normalized spacial score (nSPS) is 13.3. The van der Waals surface area contributed by atoms with Crippen molar-refractivity contribution < 1.29 is 0 Å². The SMILES string of the molecule is BrCCCCCCc1cc2c(c3ccccc13)CC2. The van der Waals surface area contributed by atoms with Crippen LogP contribution in [0, 0.1) is 0 Å². The quantitative estimate of drug-likeness (QED) is 0.492. The highest BCUT2D eigenvalue weighted by Gasteiger charge is 2.17. The van der Waals surface area contributed by atoms with Gasteiger partial charge in [0.15, 0.2) is 0 Å². The second-order valence-electron chi connectivity index (χ2n) is 5.57. The molecule has 0 aromatic heterocycles. The van der Waals surface area contributed by atoms with Gasteiger partial charge in [-0.05, 0) is 59.6 Å². The minimum absolute atomic E-state index is 1.15. The van der Waals surface area contributed by atoms with Gasteiger partial charge in [0.05, 0.1) is 0 Å². The first-order chi connectivity index (χ1) is 9.40. The molecule has 0 unspecified atom stereocenters. The summed E-state index contributed by atoms with van der Waals surface area (Å²) < 4.78 is 0. The Bertz CT molecular complexity index is 571. The van der Waals surface area contributed by atoms with Gasteiger partial charge in [0.25, 0.3) is 0 Å². The van der Waals surface area contributed by atoms with Crippen molar-refractivity contribution in [1.82, 2.24) is 0 Å². The minimum Gasteiger partial charge on any atom is -0.0928 e. The van der Waals surface area contributed by atoms with E-state index in [9.17, 15) is 0 Å². The molecular weight excluding hydrogens is 296 g/mol. The van der Waals surface area contributed by atoms with Crippen LogP contribution in [0.1, 0.15) is 42.4 Å². The molecule has 0 fully saturated rings. The summed E-state index contributed by atoms with van der Waals surface area (Å²) in [5, 5.41) is 4.16. The van der Waals surface area contributed by atoms with Gasteiger partial charge in [-0.25, -0.2) is 0 Å². The Kier molecular flexibility index (Phi) is 4.22. The van der Waals surface area contributed by atoms with Crippen LogP contribution in [-0.4, -0.2) is 5.33 Å². The van der Waals surface area contributed by atoms with Gasteiger partial charge in [-0.1, -0.05) is 59.1 Å². The Morgan fingerprint density at radius 3 is 2.42 bits per heavy atom. The Morgan fingerprint density at radius 2 is 1.68 bits per heavy atom. The standard InChI is InChI=1S/C18H21Br/c19-12-6-2-1-3-7-14-13-15-10-11-17(15)18-9-5-4-8-16(14)18/h4-5,8-9,13H,1-3,6-7,10-12H2. The molecule has 0 N–H and O–H groups in total. The van der Waals surface area contributed by atoms with E-state index in [-0.39, 0.29) is 0 Å². The van der Waals surface area contributed by atoms with Crippen LogP contribution in [0.25, 0.3) is 10.8 Å². The molecule has 19 heavy (non-hydrogen) atoms. The number of hydrogen-bond acceptors (Lipinski definition) is 0. The van der Waals surface area contributed by atoms with E-state index in [1.54, 1.807) is 16.7 Å². The molecule has 3 rings (SSSR count). The van der Waals surface area contributed by atoms with Crippen molar-refractivity contribution in [3.63, 3.8) is 0 Å². The molecule has 2 aromatic rings. The summed E-state index contributed by atoms with van der Waals surface area (Å²) in [5.74, 6) is 0. The average Bonchev–Trinajstić information content (AvgIpc) is 2.41. The summed E-state index contributed by atoms with van der Waals surface area (Å²) in [6.45, 7) is 0. The van der Waals surface area contributed by atoms with Crippen molar-refractivity contribution in [2.75, 3.05) is 5.33 Å². The number of benzene rings is 2. The van der Waals surface area contributed by atoms with Crippen LogP contribution in [0.3, 0.4) is 0 Å². The predicted octanol–water partition coefficient (Wildman–Crippen LogP) is 5.44. The van der Waals surface area contributed by atoms with E-state index in [4.69, 9.17) is 0 Å². The monoisotopic (exact) mass is 316 g/mol. The van der Waals surface area contributed by atoms with E-state index >= 15 is 0 Å². The van der Waals surface area contributed by atoms with Crippen molar-refractivity contribution in [3.8, 4) is 0 Å². The van der Waals surface area contributed by atoms with Crippen molar-refractivity contribution in [2.45, 2.75) is 44.9 Å². The largest absolute Gasteiger partial charge is 0.0928 e. The fourth-order valence-electron chi connectivity index (χ4n) is 3.15. The zero-order valence-electron chi connectivity index (χ0n) is 11.4. The van der Waals surface area contributed by atoms with Gasteiger partial charge in [0.2, 0.25) is 0 Å². The second-order valence-corrected chi connectivity index (χ2v) is 6.37. The van der Waals surface area contributed by atoms with Crippen molar-refractivity contribution >= 4 is 26.7 Å². The maximum Gasteiger partial charge on any atom is 0.00313 e. The molecule has 0 saturated heterocycles. The van der Waals surface area contributed by atoms with Gasteiger partial charge in [-0.3, -0.25) is 0 Å². The Morgan fingerprint density at radius 1 is 0.895 bits per heavy atom. The number of unbranched alkanes of at least 4 members (excludes halogenated alkanes) is 3. The number of halogens is 1. The zero-order chi connectivity index (χ0) is 13.1. The van der Waals surface area contributed by atoms with E-state index < -0.39 is 0 Å². The van der Waals surface area contributed by atoms with Crippen LogP contribution < -0.4 is 0 Å². The van der Waals surface area contributed by atoms with Crippen LogP contribution in [0.2, 0.25) is 0 Å². The zero-order valence-corrected chi connectivity index (χ0v) is 13.0. The summed E-state index contributed by atoms with van der Waals surface area (Å²) in [6.07, 6.45) is 9.17. The highest BCUT2D eigenvalue weighted by Crippen LogP contribution is 2.34. The molecule has 2 aromatic carbocycles. The Balaban J connectivity index is 1.78. The van der Waals surface area contributed by atoms with Crippen LogP contribution in [-0.2, 0) is 19.3 Å². The smallest absolute Gasteiger partial charge is 0.00313 e. The Labute approximate surface area is 124 Å². The predicted molar refractivity (Wildman–Crippen MR) is 87.3 cm³/mol. The first-order valence-corrected chi connectivity index (χ1v) is 8.60. The van der Waals surface area contributed by atoms with Gasteiger partial charge < -0.3 is 0 Å². The maximum atomic E-state index is 3.50. The first-order valence-electron chi connectivity index (χ1n) is 7.48. The van der Waals surface area contributed by atoms with E-state index in [1.165, 1.54) is 55.7 Å². The van der Waals surface area contributed by atoms with Gasteiger partial charge >= 0.3 is 0 Å². The number of hydrogen-bond donors (Lipinski definition) is 0. The molecule has 0 bridgehead atoms. The lowest BCUT2D eigenvalue weighted by Crippen LogP contribution is -2.10. The average molecular weight is 317 g/mol. The summed E-state index contributed by atoms with van der Waals surface area (Å²) >= 11 is 3.50.